The molecule has 0 aliphatic carbocycles. The van der Waals surface area contributed by atoms with Gasteiger partial charge in [-0.1, -0.05) is 30.3 Å². The predicted molar refractivity (Wildman–Crippen MR) is 125 cm³/mol. The van der Waals surface area contributed by atoms with Crippen LogP contribution in [0.2, 0.25) is 0 Å². The zero-order valence-corrected chi connectivity index (χ0v) is 20.2. The van der Waals surface area contributed by atoms with Gasteiger partial charge in [-0.25, -0.2) is 9.59 Å². The van der Waals surface area contributed by atoms with Gasteiger partial charge in [-0.15, -0.1) is 0 Å². The molecule has 1 aliphatic rings. The van der Waals surface area contributed by atoms with Crippen LogP contribution in [0.1, 0.15) is 31.9 Å². The lowest BCUT2D eigenvalue weighted by Crippen LogP contribution is -2.61. The van der Waals surface area contributed by atoms with Crippen LogP contribution in [0.5, 0.6) is 0 Å². The highest BCUT2D eigenvalue weighted by molar-refractivity contribution is 5.97. The molecule has 1 N–H and O–H groups in total. The van der Waals surface area contributed by atoms with Crippen molar-refractivity contribution in [2.24, 2.45) is 0 Å². The Kier molecular flexibility index (Phi) is 8.11. The van der Waals surface area contributed by atoms with Crippen LogP contribution in [0.25, 0.3) is 0 Å². The van der Waals surface area contributed by atoms with Crippen LogP contribution in [0, 0.1) is 0 Å². The minimum absolute atomic E-state index is 0.00202. The van der Waals surface area contributed by atoms with Crippen molar-refractivity contribution in [3.05, 3.63) is 65.7 Å². The first-order chi connectivity index (χ1) is 16.8. The third kappa shape index (κ3) is 7.37. The van der Waals surface area contributed by atoms with E-state index in [0.29, 0.717) is 0 Å². The summed E-state index contributed by atoms with van der Waals surface area (Å²) in [5.41, 5.74) is -0.759. The van der Waals surface area contributed by atoms with E-state index in [-0.39, 0.29) is 31.9 Å². The Labute approximate surface area is 207 Å². The molecule has 0 radical (unpaired) electrons. The summed E-state index contributed by atoms with van der Waals surface area (Å²) in [6, 6.07) is 11.7. The maximum absolute atomic E-state index is 13.1. The number of hydrogen-bond donors (Lipinski definition) is 1. The average Bonchev–Trinajstić information content (AvgIpc) is 2.81. The molecule has 1 heterocycles. The summed E-state index contributed by atoms with van der Waals surface area (Å²) in [5, 5.41) is 2.52. The van der Waals surface area contributed by atoms with Crippen molar-refractivity contribution >= 4 is 23.8 Å². The van der Waals surface area contributed by atoms with Crippen LogP contribution < -0.4 is 5.32 Å². The number of nitrogens with zero attached hydrogens (tertiary/aromatic N) is 2. The molecule has 3 rings (SSSR count). The molecule has 1 saturated heterocycles. The second-order valence-electron chi connectivity index (χ2n) is 9.24. The maximum atomic E-state index is 13.1. The number of rotatable bonds is 4. The van der Waals surface area contributed by atoms with Gasteiger partial charge in [0.1, 0.15) is 18.2 Å². The first kappa shape index (κ1) is 26.8. The van der Waals surface area contributed by atoms with E-state index in [1.165, 1.54) is 9.80 Å². The van der Waals surface area contributed by atoms with E-state index >= 15 is 0 Å². The van der Waals surface area contributed by atoms with Crippen molar-refractivity contribution in [1.29, 1.82) is 0 Å². The number of anilines is 1. The van der Waals surface area contributed by atoms with Gasteiger partial charge in [0.2, 0.25) is 5.91 Å². The number of alkyl halides is 3. The monoisotopic (exact) mass is 507 g/mol. The smallest absolute Gasteiger partial charge is 0.416 e. The number of benzene rings is 2. The summed E-state index contributed by atoms with van der Waals surface area (Å²) in [7, 11) is 0. The standard InChI is InChI=1S/C25H28F3N3O5/c1-24(2,3)36-22(33)30-13-14-31(23(34)35-16-17-7-5-4-6-8-17)20(15-30)21(32)29-19-11-9-18(10-12-19)25(26,27)28/h4-12,20H,13-16H2,1-3H3,(H,29,32). The van der Waals surface area contributed by atoms with E-state index < -0.39 is 41.5 Å². The molecule has 11 heteroatoms. The molecule has 0 bridgehead atoms. The molecule has 3 amide bonds. The highest BCUT2D eigenvalue weighted by Crippen LogP contribution is 2.30. The fourth-order valence-electron chi connectivity index (χ4n) is 3.49. The van der Waals surface area contributed by atoms with Crippen molar-refractivity contribution < 1.29 is 37.0 Å². The molecule has 1 unspecified atom stereocenters. The van der Waals surface area contributed by atoms with Crippen LogP contribution >= 0.6 is 0 Å². The lowest BCUT2D eigenvalue weighted by Gasteiger charge is -2.40. The summed E-state index contributed by atoms with van der Waals surface area (Å²) in [4.78, 5) is 41.1. The highest BCUT2D eigenvalue weighted by Gasteiger charge is 2.39. The van der Waals surface area contributed by atoms with Crippen LogP contribution in [0.3, 0.4) is 0 Å². The summed E-state index contributed by atoms with van der Waals surface area (Å²) >= 11 is 0. The SMILES string of the molecule is CC(C)(C)OC(=O)N1CCN(C(=O)OCc2ccccc2)C(C(=O)Nc2ccc(C(F)(F)F)cc2)C1. The molecule has 0 spiro atoms. The van der Waals surface area contributed by atoms with Gasteiger partial charge in [0.25, 0.3) is 0 Å². The van der Waals surface area contributed by atoms with Gasteiger partial charge in [0.15, 0.2) is 0 Å². The van der Waals surface area contributed by atoms with Gasteiger partial charge >= 0.3 is 18.4 Å². The molecular weight excluding hydrogens is 479 g/mol. The van der Waals surface area contributed by atoms with Gasteiger partial charge in [-0.05, 0) is 50.6 Å². The molecule has 1 fully saturated rings. The molecule has 194 valence electrons. The molecule has 36 heavy (non-hydrogen) atoms. The number of amides is 3. The third-order valence-corrected chi connectivity index (χ3v) is 5.25. The van der Waals surface area contributed by atoms with Gasteiger partial charge < -0.3 is 19.7 Å². The number of carbonyl (C=O) groups is 3. The number of carbonyl (C=O) groups excluding carboxylic acids is 3. The Bertz CT molecular complexity index is 1070. The number of ether oxygens (including phenoxy) is 2. The van der Waals surface area contributed by atoms with Crippen LogP contribution in [-0.4, -0.2) is 59.2 Å². The normalized spacial score (nSPS) is 16.3. The lowest BCUT2D eigenvalue weighted by molar-refractivity contribution is -0.137. The minimum atomic E-state index is -4.51. The topological polar surface area (TPSA) is 88.2 Å². The maximum Gasteiger partial charge on any atom is 0.416 e. The van der Waals surface area contributed by atoms with Crippen molar-refractivity contribution in [3.63, 3.8) is 0 Å². The molecular formula is C25H28F3N3O5. The van der Waals surface area contributed by atoms with E-state index in [0.717, 1.165) is 29.8 Å². The second-order valence-corrected chi connectivity index (χ2v) is 9.24. The quantitative estimate of drug-likeness (QED) is 0.636. The summed E-state index contributed by atoms with van der Waals surface area (Å²) in [6.07, 6.45) is -5.92. The van der Waals surface area contributed by atoms with Gasteiger partial charge in [0.05, 0.1) is 12.1 Å². The Hall–Kier alpha value is -3.76. The molecule has 8 nitrogen and oxygen atoms in total. The molecule has 2 aromatic rings. The number of piperazine rings is 1. The first-order valence-electron chi connectivity index (χ1n) is 11.3. The van der Waals surface area contributed by atoms with E-state index in [4.69, 9.17) is 9.47 Å². The van der Waals surface area contributed by atoms with Crippen LogP contribution in [-0.2, 0) is 27.1 Å². The van der Waals surface area contributed by atoms with Crippen molar-refractivity contribution in [1.82, 2.24) is 9.80 Å². The Morgan fingerprint density at radius 2 is 1.58 bits per heavy atom. The number of hydrogen-bond acceptors (Lipinski definition) is 5. The highest BCUT2D eigenvalue weighted by atomic mass is 19.4. The number of nitrogens with one attached hydrogen (secondary N) is 1. The zero-order valence-electron chi connectivity index (χ0n) is 20.2. The van der Waals surface area contributed by atoms with Crippen molar-refractivity contribution in [3.8, 4) is 0 Å². The lowest BCUT2D eigenvalue weighted by atomic mass is 10.1. The van der Waals surface area contributed by atoms with E-state index in [9.17, 15) is 27.6 Å². The minimum Gasteiger partial charge on any atom is -0.445 e. The average molecular weight is 508 g/mol. The van der Waals surface area contributed by atoms with Crippen LogP contribution in [0.15, 0.2) is 54.6 Å². The van der Waals surface area contributed by atoms with Gasteiger partial charge in [0, 0.05) is 18.8 Å². The van der Waals surface area contributed by atoms with E-state index in [1.54, 1.807) is 45.0 Å². The van der Waals surface area contributed by atoms with Crippen molar-refractivity contribution in [2.45, 2.75) is 45.2 Å². The summed E-state index contributed by atoms with van der Waals surface area (Å²) in [5.74, 6) is -0.681. The summed E-state index contributed by atoms with van der Waals surface area (Å²) < 4.78 is 49.3. The predicted octanol–water partition coefficient (Wildman–Crippen LogP) is 4.90. The fraction of sp³-hybridized carbons (Fsp3) is 0.400. The second kappa shape index (κ2) is 10.9. The molecule has 2 aromatic carbocycles. The van der Waals surface area contributed by atoms with E-state index in [1.807, 2.05) is 6.07 Å². The number of halogens is 3. The zero-order chi connectivity index (χ0) is 26.5. The van der Waals surface area contributed by atoms with Gasteiger partial charge in [-0.2, -0.15) is 13.2 Å². The molecule has 0 saturated carbocycles. The largest absolute Gasteiger partial charge is 0.445 e. The van der Waals surface area contributed by atoms with Crippen molar-refractivity contribution in [2.75, 3.05) is 25.0 Å². The molecule has 1 aliphatic heterocycles. The fourth-order valence-corrected chi connectivity index (χ4v) is 3.49. The van der Waals surface area contributed by atoms with Crippen LogP contribution in [0.4, 0.5) is 28.4 Å². The first-order valence-corrected chi connectivity index (χ1v) is 11.3. The Morgan fingerprint density at radius 1 is 0.944 bits per heavy atom. The third-order valence-electron chi connectivity index (χ3n) is 5.25. The summed E-state index contributed by atoms with van der Waals surface area (Å²) in [6.45, 7) is 5.03. The Morgan fingerprint density at radius 3 is 2.17 bits per heavy atom. The van der Waals surface area contributed by atoms with Gasteiger partial charge in [-0.3, -0.25) is 9.69 Å². The van der Waals surface area contributed by atoms with E-state index in [2.05, 4.69) is 5.32 Å². The molecule has 1 atom stereocenters. The molecule has 0 aromatic heterocycles. The Balaban J connectivity index is 1.75.